The van der Waals surface area contributed by atoms with Crippen molar-refractivity contribution in [2.75, 3.05) is 33.3 Å². The minimum Gasteiger partial charge on any atom is -0.493 e. The Labute approximate surface area is 165 Å². The third-order valence-corrected chi connectivity index (χ3v) is 4.99. The Morgan fingerprint density at radius 2 is 2.15 bits per heavy atom. The van der Waals surface area contributed by atoms with Gasteiger partial charge in [0.1, 0.15) is 5.75 Å². The molecule has 150 valence electrons. The molecule has 1 atom stereocenters. The highest BCUT2D eigenvalue weighted by atomic mass is 35.5. The number of halogens is 1. The number of carboxylic acids is 1. The van der Waals surface area contributed by atoms with Crippen molar-refractivity contribution in [3.8, 4) is 5.75 Å². The maximum atomic E-state index is 12.6. The van der Waals surface area contributed by atoms with Crippen molar-refractivity contribution in [2.45, 2.75) is 38.8 Å². The summed E-state index contributed by atoms with van der Waals surface area (Å²) >= 11 is 6.01. The van der Waals surface area contributed by atoms with Crippen LogP contribution < -0.4 is 10.1 Å². The third-order valence-electron chi connectivity index (χ3n) is 4.75. The van der Waals surface area contributed by atoms with Crippen molar-refractivity contribution < 1.29 is 19.4 Å². The van der Waals surface area contributed by atoms with Gasteiger partial charge in [0.2, 0.25) is 0 Å². The van der Waals surface area contributed by atoms with Gasteiger partial charge >= 0.3 is 12.0 Å². The number of amides is 2. The van der Waals surface area contributed by atoms with Crippen LogP contribution in [0, 0.1) is 0 Å². The fourth-order valence-electron chi connectivity index (χ4n) is 3.31. The molecule has 1 aromatic carbocycles. The van der Waals surface area contributed by atoms with Crippen LogP contribution in [0.25, 0.3) is 0 Å². The first-order valence-corrected chi connectivity index (χ1v) is 9.64. The normalized spacial score (nSPS) is 17.5. The van der Waals surface area contributed by atoms with E-state index in [9.17, 15) is 9.59 Å². The monoisotopic (exact) mass is 397 g/mol. The van der Waals surface area contributed by atoms with Crippen molar-refractivity contribution in [1.82, 2.24) is 15.1 Å². The summed E-state index contributed by atoms with van der Waals surface area (Å²) in [5.74, 6) is -0.152. The number of carbonyl (C=O) groups excluding carboxylic acids is 1. The lowest BCUT2D eigenvalue weighted by atomic mass is 10.1. The Morgan fingerprint density at radius 1 is 1.37 bits per heavy atom. The lowest BCUT2D eigenvalue weighted by molar-refractivity contribution is -0.138. The maximum Gasteiger partial charge on any atom is 0.317 e. The van der Waals surface area contributed by atoms with Crippen molar-refractivity contribution in [3.05, 3.63) is 28.8 Å². The molecule has 0 radical (unpaired) electrons. The number of nitrogens with zero attached hydrogens (tertiary/aromatic N) is 2. The predicted octanol–water partition coefficient (Wildman–Crippen LogP) is 2.82. The van der Waals surface area contributed by atoms with E-state index in [-0.39, 0.29) is 18.6 Å². The Balaban J connectivity index is 1.89. The summed E-state index contributed by atoms with van der Waals surface area (Å²) in [7, 11) is 1.82. The van der Waals surface area contributed by atoms with E-state index >= 15 is 0 Å². The van der Waals surface area contributed by atoms with Gasteiger partial charge in [-0.3, -0.25) is 9.69 Å². The van der Waals surface area contributed by atoms with Crippen LogP contribution in [0.1, 0.15) is 31.7 Å². The van der Waals surface area contributed by atoms with Gasteiger partial charge in [0.05, 0.1) is 13.2 Å². The smallest absolute Gasteiger partial charge is 0.317 e. The first-order valence-electron chi connectivity index (χ1n) is 9.26. The molecule has 2 N–H and O–H groups in total. The number of likely N-dealkylation sites (tertiary alicyclic amines) is 1. The van der Waals surface area contributed by atoms with Gasteiger partial charge in [0.15, 0.2) is 0 Å². The van der Waals surface area contributed by atoms with Crippen molar-refractivity contribution in [2.24, 2.45) is 0 Å². The summed E-state index contributed by atoms with van der Waals surface area (Å²) in [5.41, 5.74) is 0.878. The van der Waals surface area contributed by atoms with Crippen LogP contribution in [0.3, 0.4) is 0 Å². The van der Waals surface area contributed by atoms with Gasteiger partial charge in [-0.2, -0.15) is 0 Å². The standard InChI is InChI=1S/C19H28ClN3O4/c1-3-27-17-11-15(20)7-6-14(17)12-21-19(26)23-9-4-5-16(8-10-23)22(2)13-18(24)25/h6-7,11,16H,3-5,8-10,12-13H2,1-2H3,(H,21,26)(H,24,25). The summed E-state index contributed by atoms with van der Waals surface area (Å²) in [6, 6.07) is 5.45. The summed E-state index contributed by atoms with van der Waals surface area (Å²) in [5, 5.41) is 12.5. The topological polar surface area (TPSA) is 82.1 Å². The molecule has 1 heterocycles. The molecule has 1 aromatic rings. The molecule has 0 saturated carbocycles. The van der Waals surface area contributed by atoms with Gasteiger partial charge in [0.25, 0.3) is 0 Å². The van der Waals surface area contributed by atoms with Crippen LogP contribution in [0.4, 0.5) is 4.79 Å². The van der Waals surface area contributed by atoms with Crippen LogP contribution in [-0.2, 0) is 11.3 Å². The second-order valence-electron chi connectivity index (χ2n) is 6.72. The van der Waals surface area contributed by atoms with Crippen LogP contribution in [-0.4, -0.2) is 66.2 Å². The number of hydrogen-bond acceptors (Lipinski definition) is 4. The van der Waals surface area contributed by atoms with Gasteiger partial charge in [-0.1, -0.05) is 17.7 Å². The summed E-state index contributed by atoms with van der Waals surface area (Å²) < 4.78 is 5.58. The fourth-order valence-corrected chi connectivity index (χ4v) is 3.47. The highest BCUT2D eigenvalue weighted by Gasteiger charge is 2.24. The van der Waals surface area contributed by atoms with E-state index in [1.165, 1.54) is 0 Å². The number of rotatable bonds is 7. The molecule has 1 saturated heterocycles. The maximum absolute atomic E-state index is 12.6. The molecule has 0 aromatic heterocycles. The molecule has 7 nitrogen and oxygen atoms in total. The first kappa shape index (κ1) is 21.3. The zero-order chi connectivity index (χ0) is 19.8. The zero-order valence-corrected chi connectivity index (χ0v) is 16.7. The number of nitrogens with one attached hydrogen (secondary N) is 1. The number of likely N-dealkylation sites (N-methyl/N-ethyl adjacent to an activating group) is 1. The minimum atomic E-state index is -0.829. The summed E-state index contributed by atoms with van der Waals surface area (Å²) in [4.78, 5) is 27.1. The van der Waals surface area contributed by atoms with E-state index < -0.39 is 5.97 Å². The lowest BCUT2D eigenvalue weighted by Crippen LogP contribution is -2.41. The number of urea groups is 1. The fraction of sp³-hybridized carbons (Fsp3) is 0.579. The molecule has 1 fully saturated rings. The number of carboxylic acid groups (broad SMARTS) is 1. The van der Waals surface area contributed by atoms with Crippen molar-refractivity contribution in [3.63, 3.8) is 0 Å². The van der Waals surface area contributed by atoms with Crippen LogP contribution in [0.15, 0.2) is 18.2 Å². The number of aliphatic carboxylic acids is 1. The first-order chi connectivity index (χ1) is 12.9. The molecule has 1 unspecified atom stereocenters. The number of hydrogen-bond donors (Lipinski definition) is 2. The largest absolute Gasteiger partial charge is 0.493 e. The SMILES string of the molecule is CCOc1cc(Cl)ccc1CNC(=O)N1CCCC(N(C)CC(=O)O)CC1. The summed E-state index contributed by atoms with van der Waals surface area (Å²) in [6.45, 7) is 4.09. The molecule has 2 rings (SSSR count). The molecule has 0 aliphatic carbocycles. The molecule has 2 amide bonds. The second-order valence-corrected chi connectivity index (χ2v) is 7.16. The predicted molar refractivity (Wildman–Crippen MR) is 104 cm³/mol. The van der Waals surface area contributed by atoms with Crippen LogP contribution in [0.2, 0.25) is 5.02 Å². The molecule has 0 bridgehead atoms. The van der Waals surface area contributed by atoms with Gasteiger partial charge in [0, 0.05) is 36.3 Å². The molecule has 0 spiro atoms. The Kier molecular flexibility index (Phi) is 8.19. The van der Waals surface area contributed by atoms with Gasteiger partial charge in [-0.05, 0) is 45.4 Å². The lowest BCUT2D eigenvalue weighted by Gasteiger charge is -2.25. The van der Waals surface area contributed by atoms with Crippen molar-refractivity contribution in [1.29, 1.82) is 0 Å². The van der Waals surface area contributed by atoms with Gasteiger partial charge in [-0.15, -0.1) is 0 Å². The van der Waals surface area contributed by atoms with Gasteiger partial charge in [-0.25, -0.2) is 4.79 Å². The minimum absolute atomic E-state index is 0.0215. The Bertz CT molecular complexity index is 656. The molecule has 27 heavy (non-hydrogen) atoms. The Morgan fingerprint density at radius 3 is 2.85 bits per heavy atom. The van der Waals surface area contributed by atoms with E-state index in [0.29, 0.717) is 37.0 Å². The number of benzene rings is 1. The highest BCUT2D eigenvalue weighted by molar-refractivity contribution is 6.30. The Hall–Kier alpha value is -1.99. The quantitative estimate of drug-likeness (QED) is 0.739. The van der Waals surface area contributed by atoms with Crippen LogP contribution >= 0.6 is 11.6 Å². The molecular formula is C19H28ClN3O4. The highest BCUT2D eigenvalue weighted by Crippen LogP contribution is 2.23. The number of ether oxygens (including phenoxy) is 1. The molecular weight excluding hydrogens is 370 g/mol. The molecule has 1 aliphatic heterocycles. The molecule has 1 aliphatic rings. The summed E-state index contributed by atoms with van der Waals surface area (Å²) in [6.07, 6.45) is 2.51. The molecule has 8 heteroatoms. The average Bonchev–Trinajstić information content (AvgIpc) is 2.87. The van der Waals surface area contributed by atoms with Crippen molar-refractivity contribution >= 4 is 23.6 Å². The van der Waals surface area contributed by atoms with E-state index in [1.807, 2.05) is 24.9 Å². The van der Waals surface area contributed by atoms with Gasteiger partial charge < -0.3 is 20.1 Å². The number of carbonyl (C=O) groups is 2. The zero-order valence-electron chi connectivity index (χ0n) is 15.9. The van der Waals surface area contributed by atoms with Crippen LogP contribution in [0.5, 0.6) is 5.75 Å². The average molecular weight is 398 g/mol. The van der Waals surface area contributed by atoms with E-state index in [4.69, 9.17) is 21.4 Å². The van der Waals surface area contributed by atoms with E-state index in [2.05, 4.69) is 5.32 Å². The third kappa shape index (κ3) is 6.59. The van der Waals surface area contributed by atoms with E-state index in [1.54, 1.807) is 17.0 Å². The van der Waals surface area contributed by atoms with E-state index in [0.717, 1.165) is 24.8 Å². The second kappa shape index (κ2) is 10.4.